The number of nitrogens with zero attached hydrogens (tertiary/aromatic N) is 4. The minimum Gasteiger partial charge on any atom is -0.324 e. The summed E-state index contributed by atoms with van der Waals surface area (Å²) in [6, 6.07) is 18.7. The van der Waals surface area contributed by atoms with Gasteiger partial charge < -0.3 is 10.2 Å². The van der Waals surface area contributed by atoms with Crippen LogP contribution in [0.15, 0.2) is 54.6 Å². The smallest absolute Gasteiger partial charge is 0.277 e. The lowest BCUT2D eigenvalue weighted by molar-refractivity contribution is 0.0984. The topological polar surface area (TPSA) is 81.9 Å². The third kappa shape index (κ3) is 3.35. The Bertz CT molecular complexity index is 1050. The van der Waals surface area contributed by atoms with Gasteiger partial charge in [0.25, 0.3) is 5.91 Å². The van der Waals surface area contributed by atoms with Gasteiger partial charge in [0.15, 0.2) is 0 Å². The van der Waals surface area contributed by atoms with Crippen LogP contribution in [0, 0.1) is 18.3 Å². The van der Waals surface area contributed by atoms with Crippen molar-refractivity contribution in [1.29, 1.82) is 5.26 Å². The van der Waals surface area contributed by atoms with Crippen molar-refractivity contribution >= 4 is 23.2 Å². The lowest BCUT2D eigenvalue weighted by Crippen LogP contribution is -2.30. The Kier molecular flexibility index (Phi) is 4.27. The number of amides is 1. The zero-order valence-electron chi connectivity index (χ0n) is 14.8. The summed E-state index contributed by atoms with van der Waals surface area (Å²) in [5, 5.41) is 12.0. The maximum Gasteiger partial charge on any atom is 0.277 e. The molecule has 0 aliphatic carbocycles. The zero-order valence-corrected chi connectivity index (χ0v) is 14.8. The molecule has 27 heavy (non-hydrogen) atoms. The molecule has 1 aliphatic heterocycles. The molecule has 2 heterocycles. The largest absolute Gasteiger partial charge is 0.324 e. The Morgan fingerprint density at radius 1 is 1.15 bits per heavy atom. The number of carbonyl (C=O) groups excluding carboxylic acids is 1. The molecule has 0 spiro atoms. The summed E-state index contributed by atoms with van der Waals surface area (Å²) in [5.74, 6) is 0.226. The van der Waals surface area contributed by atoms with E-state index in [-0.39, 0.29) is 5.91 Å². The van der Waals surface area contributed by atoms with Gasteiger partial charge in [0.1, 0.15) is 5.69 Å². The molecule has 0 fully saturated rings. The maximum absolute atomic E-state index is 13.0. The van der Waals surface area contributed by atoms with E-state index in [2.05, 4.69) is 21.4 Å². The van der Waals surface area contributed by atoms with Crippen molar-refractivity contribution in [3.05, 3.63) is 77.1 Å². The minimum absolute atomic E-state index is 0.131. The fourth-order valence-electron chi connectivity index (χ4n) is 3.18. The lowest BCUT2D eigenvalue weighted by Gasteiger charge is -2.17. The fourth-order valence-corrected chi connectivity index (χ4v) is 3.18. The summed E-state index contributed by atoms with van der Waals surface area (Å²) in [4.78, 5) is 23.6. The second-order valence-corrected chi connectivity index (χ2v) is 6.37. The highest BCUT2D eigenvalue weighted by Gasteiger charge is 2.26. The molecule has 2 aromatic carbocycles. The van der Waals surface area contributed by atoms with Crippen molar-refractivity contribution in [3.8, 4) is 6.07 Å². The van der Waals surface area contributed by atoms with Crippen LogP contribution in [0.25, 0.3) is 0 Å². The monoisotopic (exact) mass is 355 g/mol. The number of aryl methyl sites for hydroxylation is 1. The molecule has 1 N–H and O–H groups in total. The number of hydrogen-bond donors (Lipinski definition) is 1. The fraction of sp³-hybridized carbons (Fsp3) is 0.143. The molecule has 132 valence electrons. The SMILES string of the molecule is Cc1cc(C(=O)N2CCc3ccccc32)nc(Nc2ccc(C#N)cc2)n1. The van der Waals surface area contributed by atoms with Crippen molar-refractivity contribution in [2.45, 2.75) is 13.3 Å². The molecule has 0 atom stereocenters. The highest BCUT2D eigenvalue weighted by molar-refractivity contribution is 6.06. The zero-order chi connectivity index (χ0) is 18.8. The first-order valence-electron chi connectivity index (χ1n) is 8.67. The van der Waals surface area contributed by atoms with Gasteiger partial charge in [-0.2, -0.15) is 5.26 Å². The lowest BCUT2D eigenvalue weighted by atomic mass is 10.2. The maximum atomic E-state index is 13.0. The Morgan fingerprint density at radius 3 is 2.70 bits per heavy atom. The third-order valence-electron chi connectivity index (χ3n) is 4.48. The van der Waals surface area contributed by atoms with E-state index in [1.165, 1.54) is 5.56 Å². The molecule has 0 saturated heterocycles. The molecule has 1 aliphatic rings. The normalized spacial score (nSPS) is 12.4. The van der Waals surface area contributed by atoms with Gasteiger partial charge in [0.05, 0.1) is 11.6 Å². The number of anilines is 3. The number of fused-ring (bicyclic) bond motifs is 1. The number of rotatable bonds is 3. The number of hydrogen-bond acceptors (Lipinski definition) is 5. The molecular weight excluding hydrogens is 338 g/mol. The standard InChI is InChI=1S/C21H17N5O/c1-14-12-18(20(27)26-11-10-16-4-2-3-5-19(16)26)25-21(23-14)24-17-8-6-15(13-22)7-9-17/h2-9,12H,10-11H2,1H3,(H,23,24,25). The predicted molar refractivity (Wildman–Crippen MR) is 103 cm³/mol. The van der Waals surface area contributed by atoms with E-state index in [0.29, 0.717) is 29.4 Å². The molecule has 0 saturated carbocycles. The second-order valence-electron chi connectivity index (χ2n) is 6.37. The second kappa shape index (κ2) is 6.89. The van der Waals surface area contributed by atoms with Crippen molar-refractivity contribution in [3.63, 3.8) is 0 Å². The third-order valence-corrected chi connectivity index (χ3v) is 4.48. The van der Waals surface area contributed by atoms with E-state index in [1.54, 1.807) is 35.2 Å². The van der Waals surface area contributed by atoms with Crippen LogP contribution in [-0.2, 0) is 6.42 Å². The Hall–Kier alpha value is -3.72. The first-order chi connectivity index (χ1) is 13.1. The van der Waals surface area contributed by atoms with Crippen molar-refractivity contribution in [2.24, 2.45) is 0 Å². The van der Waals surface area contributed by atoms with Gasteiger partial charge >= 0.3 is 0 Å². The molecule has 0 radical (unpaired) electrons. The van der Waals surface area contributed by atoms with Gasteiger partial charge in [-0.05, 0) is 55.3 Å². The summed E-state index contributed by atoms with van der Waals surface area (Å²) in [6.07, 6.45) is 0.850. The van der Waals surface area contributed by atoms with Crippen molar-refractivity contribution in [2.75, 3.05) is 16.8 Å². The van der Waals surface area contributed by atoms with E-state index < -0.39 is 0 Å². The van der Waals surface area contributed by atoms with E-state index in [4.69, 9.17) is 5.26 Å². The van der Waals surface area contributed by atoms with E-state index >= 15 is 0 Å². The molecule has 0 unspecified atom stereocenters. The number of carbonyl (C=O) groups is 1. The number of nitriles is 1. The molecule has 3 aromatic rings. The molecule has 1 aromatic heterocycles. The van der Waals surface area contributed by atoms with Crippen LogP contribution in [0.1, 0.15) is 27.3 Å². The molecular formula is C21H17N5O. The Labute approximate surface area is 157 Å². The molecule has 4 rings (SSSR count). The van der Waals surface area contributed by atoms with Crippen LogP contribution in [0.2, 0.25) is 0 Å². The highest BCUT2D eigenvalue weighted by Crippen LogP contribution is 2.28. The predicted octanol–water partition coefficient (Wildman–Crippen LogP) is 3.60. The number of benzene rings is 2. The van der Waals surface area contributed by atoms with Gasteiger partial charge in [-0.1, -0.05) is 18.2 Å². The number of nitrogens with one attached hydrogen (secondary N) is 1. The van der Waals surface area contributed by atoms with Crippen molar-refractivity contribution < 1.29 is 4.79 Å². The van der Waals surface area contributed by atoms with Gasteiger partial charge in [-0.25, -0.2) is 9.97 Å². The van der Waals surface area contributed by atoms with Crippen LogP contribution in [-0.4, -0.2) is 22.4 Å². The molecule has 0 bridgehead atoms. The summed E-state index contributed by atoms with van der Waals surface area (Å²) >= 11 is 0. The minimum atomic E-state index is -0.131. The van der Waals surface area contributed by atoms with Crippen molar-refractivity contribution in [1.82, 2.24) is 9.97 Å². The van der Waals surface area contributed by atoms with Gasteiger partial charge in [-0.15, -0.1) is 0 Å². The van der Waals surface area contributed by atoms with E-state index in [9.17, 15) is 4.79 Å². The molecule has 6 heteroatoms. The average Bonchev–Trinajstić information content (AvgIpc) is 3.11. The average molecular weight is 355 g/mol. The van der Waals surface area contributed by atoms with E-state index in [1.807, 2.05) is 31.2 Å². The van der Waals surface area contributed by atoms with Crippen LogP contribution in [0.4, 0.5) is 17.3 Å². The Balaban J connectivity index is 1.60. The highest BCUT2D eigenvalue weighted by atomic mass is 16.2. The van der Waals surface area contributed by atoms with Gasteiger partial charge in [0.2, 0.25) is 5.95 Å². The summed E-state index contributed by atoms with van der Waals surface area (Å²) in [7, 11) is 0. The molecule has 6 nitrogen and oxygen atoms in total. The Morgan fingerprint density at radius 2 is 1.93 bits per heavy atom. The summed E-state index contributed by atoms with van der Waals surface area (Å²) in [5.41, 5.74) is 4.51. The quantitative estimate of drug-likeness (QED) is 0.776. The summed E-state index contributed by atoms with van der Waals surface area (Å²) in [6.45, 7) is 2.49. The number of aromatic nitrogens is 2. The van der Waals surface area contributed by atoms with Crippen LogP contribution >= 0.6 is 0 Å². The van der Waals surface area contributed by atoms with Crippen LogP contribution in [0.5, 0.6) is 0 Å². The molecule has 1 amide bonds. The first kappa shape index (κ1) is 16.7. The summed E-state index contributed by atoms with van der Waals surface area (Å²) < 4.78 is 0. The van der Waals surface area contributed by atoms with Crippen LogP contribution in [0.3, 0.4) is 0 Å². The first-order valence-corrected chi connectivity index (χ1v) is 8.67. The van der Waals surface area contributed by atoms with Crippen LogP contribution < -0.4 is 10.2 Å². The van der Waals surface area contributed by atoms with E-state index in [0.717, 1.165) is 17.8 Å². The van der Waals surface area contributed by atoms with Gasteiger partial charge in [-0.3, -0.25) is 4.79 Å². The number of para-hydroxylation sites is 1. The van der Waals surface area contributed by atoms with Gasteiger partial charge in [0, 0.05) is 23.6 Å².